The summed E-state index contributed by atoms with van der Waals surface area (Å²) in [5.41, 5.74) is 7.83. The predicted octanol–water partition coefficient (Wildman–Crippen LogP) is 5.55. The molecule has 36 heavy (non-hydrogen) atoms. The molecule has 0 aliphatic heterocycles. The lowest BCUT2D eigenvalue weighted by molar-refractivity contribution is 0.397. The Labute approximate surface area is 211 Å². The van der Waals surface area contributed by atoms with Crippen molar-refractivity contribution < 1.29 is 4.74 Å². The molecule has 0 spiro atoms. The Bertz CT molecular complexity index is 1690. The van der Waals surface area contributed by atoms with E-state index in [1.807, 2.05) is 25.2 Å². The van der Waals surface area contributed by atoms with Crippen LogP contribution in [0.2, 0.25) is 0 Å². The first-order valence-corrected chi connectivity index (χ1v) is 12.3. The van der Waals surface area contributed by atoms with Crippen molar-refractivity contribution in [2.75, 3.05) is 12.4 Å². The van der Waals surface area contributed by atoms with Crippen LogP contribution in [0.4, 0.5) is 5.69 Å². The fourth-order valence-corrected chi connectivity index (χ4v) is 5.36. The van der Waals surface area contributed by atoms with E-state index >= 15 is 0 Å². The zero-order valence-corrected chi connectivity index (χ0v) is 20.8. The maximum atomic E-state index is 5.25. The summed E-state index contributed by atoms with van der Waals surface area (Å²) in [5, 5.41) is 15.4. The van der Waals surface area contributed by atoms with E-state index in [4.69, 9.17) is 4.74 Å². The van der Waals surface area contributed by atoms with Gasteiger partial charge in [0.05, 0.1) is 36.1 Å². The molecule has 0 unspecified atom stereocenters. The topological polar surface area (TPSA) is 90.6 Å². The van der Waals surface area contributed by atoms with Gasteiger partial charge in [0, 0.05) is 47.7 Å². The van der Waals surface area contributed by atoms with Crippen LogP contribution in [0.25, 0.3) is 32.2 Å². The lowest BCUT2D eigenvalue weighted by Gasteiger charge is -2.21. The minimum absolute atomic E-state index is 0.244. The average Bonchev–Trinajstić information content (AvgIpc) is 3.51. The van der Waals surface area contributed by atoms with Crippen LogP contribution in [-0.4, -0.2) is 37.1 Å². The second-order valence-electron chi connectivity index (χ2n) is 8.57. The summed E-state index contributed by atoms with van der Waals surface area (Å²) in [4.78, 5) is 13.7. The number of hydrogen-bond donors (Lipinski definition) is 1. The standard InChI is InChI=1S/C27H23N7OS/c1-16-15-36-24-6-4-17(10-20(16)24)21-11-19(12-22-27(21)29-9-8-28-22)32-26(23-14-31-33-34(23)2)18-5-7-25(35-3)30-13-18/h4-15,26,32H,1-3H3/t26-/m1/s1. The second kappa shape index (κ2) is 9.01. The van der Waals surface area contributed by atoms with Gasteiger partial charge in [-0.1, -0.05) is 11.3 Å². The van der Waals surface area contributed by atoms with Gasteiger partial charge in [-0.25, -0.2) is 9.67 Å². The number of hydrogen-bond acceptors (Lipinski definition) is 8. The Morgan fingerprint density at radius 1 is 1.00 bits per heavy atom. The van der Waals surface area contributed by atoms with Gasteiger partial charge in [-0.2, -0.15) is 0 Å². The first kappa shape index (κ1) is 22.1. The maximum absolute atomic E-state index is 5.25. The Kier molecular flexibility index (Phi) is 5.54. The van der Waals surface area contributed by atoms with Gasteiger partial charge in [-0.15, -0.1) is 16.4 Å². The molecule has 0 bridgehead atoms. The van der Waals surface area contributed by atoms with Gasteiger partial charge in [0.25, 0.3) is 0 Å². The van der Waals surface area contributed by atoms with Crippen molar-refractivity contribution in [2.45, 2.75) is 13.0 Å². The zero-order valence-electron chi connectivity index (χ0n) is 20.0. The fourth-order valence-electron chi connectivity index (χ4n) is 4.44. The van der Waals surface area contributed by atoms with E-state index in [1.54, 1.807) is 47.9 Å². The molecule has 0 saturated carbocycles. The molecule has 0 amide bonds. The number of rotatable bonds is 6. The molecule has 1 N–H and O–H groups in total. The number of aromatic nitrogens is 6. The minimum atomic E-state index is -0.244. The SMILES string of the molecule is COc1ccc([C@@H](Nc2cc(-c3ccc4scc(C)c4c3)c3nccnc3c2)c2cnnn2C)cn1. The van der Waals surface area contributed by atoms with Crippen molar-refractivity contribution >= 4 is 38.1 Å². The zero-order chi connectivity index (χ0) is 24.6. The van der Waals surface area contributed by atoms with E-state index in [2.05, 4.69) is 67.2 Å². The highest BCUT2D eigenvalue weighted by atomic mass is 32.1. The summed E-state index contributed by atoms with van der Waals surface area (Å²) in [5.74, 6) is 0.558. The van der Waals surface area contributed by atoms with Crippen LogP contribution in [0.15, 0.2) is 72.6 Å². The van der Waals surface area contributed by atoms with Crippen LogP contribution >= 0.6 is 11.3 Å². The molecular formula is C27H23N7OS. The average molecular weight is 494 g/mol. The molecule has 0 aliphatic carbocycles. The summed E-state index contributed by atoms with van der Waals surface area (Å²) in [7, 11) is 3.49. The van der Waals surface area contributed by atoms with Gasteiger partial charge in [-0.05, 0) is 64.7 Å². The van der Waals surface area contributed by atoms with E-state index in [0.717, 1.165) is 39.1 Å². The molecule has 4 heterocycles. The van der Waals surface area contributed by atoms with Gasteiger partial charge >= 0.3 is 0 Å². The molecule has 6 aromatic rings. The Balaban J connectivity index is 1.48. The number of ether oxygens (including phenoxy) is 1. The Hall–Kier alpha value is -4.37. The molecule has 6 rings (SSSR count). The fraction of sp³-hybridized carbons (Fsp3) is 0.148. The molecule has 9 heteroatoms. The smallest absolute Gasteiger partial charge is 0.212 e. The number of nitrogens with zero attached hydrogens (tertiary/aromatic N) is 6. The van der Waals surface area contributed by atoms with Crippen molar-refractivity contribution in [3.63, 3.8) is 0 Å². The number of thiophene rings is 1. The molecule has 0 radical (unpaired) electrons. The molecule has 8 nitrogen and oxygen atoms in total. The molecule has 0 fully saturated rings. The highest BCUT2D eigenvalue weighted by molar-refractivity contribution is 7.17. The van der Waals surface area contributed by atoms with E-state index in [9.17, 15) is 0 Å². The molecule has 1 atom stereocenters. The third-order valence-corrected chi connectivity index (χ3v) is 7.39. The Morgan fingerprint density at radius 3 is 2.67 bits per heavy atom. The number of anilines is 1. The number of aryl methyl sites for hydroxylation is 2. The van der Waals surface area contributed by atoms with Gasteiger partial charge < -0.3 is 10.1 Å². The third-order valence-electron chi connectivity index (χ3n) is 6.31. The summed E-state index contributed by atoms with van der Waals surface area (Å²) in [6.45, 7) is 2.15. The van der Waals surface area contributed by atoms with Gasteiger partial charge in [-0.3, -0.25) is 9.97 Å². The van der Waals surface area contributed by atoms with Crippen molar-refractivity contribution in [1.82, 2.24) is 29.9 Å². The van der Waals surface area contributed by atoms with Gasteiger partial charge in [0.1, 0.15) is 0 Å². The van der Waals surface area contributed by atoms with Crippen LogP contribution in [0.5, 0.6) is 5.88 Å². The van der Waals surface area contributed by atoms with Crippen LogP contribution in [0, 0.1) is 6.92 Å². The highest BCUT2D eigenvalue weighted by Crippen LogP contribution is 2.36. The Morgan fingerprint density at radius 2 is 1.89 bits per heavy atom. The summed E-state index contributed by atoms with van der Waals surface area (Å²) < 4.78 is 8.29. The summed E-state index contributed by atoms with van der Waals surface area (Å²) in [6, 6.07) is 14.3. The second-order valence-corrected chi connectivity index (χ2v) is 9.48. The van der Waals surface area contributed by atoms with Crippen molar-refractivity contribution in [3.8, 4) is 17.0 Å². The third kappa shape index (κ3) is 3.93. The molecule has 4 aromatic heterocycles. The molecule has 178 valence electrons. The molecule has 0 aliphatic rings. The first-order chi connectivity index (χ1) is 17.6. The molecule has 0 saturated heterocycles. The first-order valence-electron chi connectivity index (χ1n) is 11.4. The van der Waals surface area contributed by atoms with Gasteiger partial charge in [0.2, 0.25) is 5.88 Å². The quantitative estimate of drug-likeness (QED) is 0.325. The predicted molar refractivity (Wildman–Crippen MR) is 142 cm³/mol. The minimum Gasteiger partial charge on any atom is -0.481 e. The van der Waals surface area contributed by atoms with Crippen LogP contribution in [0.1, 0.15) is 22.9 Å². The summed E-state index contributed by atoms with van der Waals surface area (Å²) in [6.07, 6.45) is 7.02. The maximum Gasteiger partial charge on any atom is 0.212 e. The molecule has 2 aromatic carbocycles. The lowest BCUT2D eigenvalue weighted by atomic mass is 9.99. The van der Waals surface area contributed by atoms with Crippen molar-refractivity contribution in [1.29, 1.82) is 0 Å². The van der Waals surface area contributed by atoms with E-state index < -0.39 is 0 Å². The van der Waals surface area contributed by atoms with E-state index in [-0.39, 0.29) is 6.04 Å². The van der Waals surface area contributed by atoms with E-state index in [0.29, 0.717) is 5.88 Å². The van der Waals surface area contributed by atoms with Crippen LogP contribution in [-0.2, 0) is 7.05 Å². The highest BCUT2D eigenvalue weighted by Gasteiger charge is 2.20. The van der Waals surface area contributed by atoms with Gasteiger partial charge in [0.15, 0.2) is 0 Å². The molecular weight excluding hydrogens is 470 g/mol. The summed E-state index contributed by atoms with van der Waals surface area (Å²) >= 11 is 1.76. The number of nitrogens with one attached hydrogen (secondary N) is 1. The normalized spacial score (nSPS) is 12.2. The number of fused-ring (bicyclic) bond motifs is 2. The monoisotopic (exact) mass is 493 g/mol. The number of pyridine rings is 1. The van der Waals surface area contributed by atoms with Crippen LogP contribution in [0.3, 0.4) is 0 Å². The van der Waals surface area contributed by atoms with Crippen molar-refractivity contribution in [3.05, 3.63) is 89.5 Å². The lowest BCUT2D eigenvalue weighted by Crippen LogP contribution is -2.16. The largest absolute Gasteiger partial charge is 0.481 e. The van der Waals surface area contributed by atoms with Crippen molar-refractivity contribution in [2.24, 2.45) is 7.05 Å². The van der Waals surface area contributed by atoms with E-state index in [1.165, 1.54) is 15.6 Å². The number of benzene rings is 2. The van der Waals surface area contributed by atoms with Crippen LogP contribution < -0.4 is 10.1 Å². The number of methoxy groups -OCH3 is 1.